The van der Waals surface area contributed by atoms with Gasteiger partial charge in [-0.15, -0.1) is 0 Å². The SMILES string of the molecule is Cc1ccc(-n2c(=O)c3cccnc3n2CC(=O)N2CCCCCC2)cc1C. The van der Waals surface area contributed by atoms with Crippen molar-refractivity contribution in [2.24, 2.45) is 0 Å². The van der Waals surface area contributed by atoms with E-state index in [-0.39, 0.29) is 18.0 Å². The molecule has 0 aliphatic carbocycles. The average molecular weight is 378 g/mol. The number of carbonyl (C=O) groups is 1. The minimum atomic E-state index is -0.144. The first kappa shape index (κ1) is 18.5. The molecule has 1 fully saturated rings. The van der Waals surface area contributed by atoms with Gasteiger partial charge < -0.3 is 4.90 Å². The lowest BCUT2D eigenvalue weighted by Crippen LogP contribution is -2.36. The van der Waals surface area contributed by atoms with Gasteiger partial charge in [0.1, 0.15) is 6.54 Å². The van der Waals surface area contributed by atoms with Crippen LogP contribution in [0.25, 0.3) is 16.7 Å². The smallest absolute Gasteiger partial charge is 0.280 e. The molecule has 6 heteroatoms. The zero-order chi connectivity index (χ0) is 19.7. The molecule has 0 N–H and O–H groups in total. The molecule has 0 saturated carbocycles. The van der Waals surface area contributed by atoms with Gasteiger partial charge in [0.2, 0.25) is 5.91 Å². The van der Waals surface area contributed by atoms with E-state index in [0.29, 0.717) is 11.0 Å². The van der Waals surface area contributed by atoms with Crippen LogP contribution in [0, 0.1) is 13.8 Å². The second-order valence-electron chi connectivity index (χ2n) is 7.61. The zero-order valence-electron chi connectivity index (χ0n) is 16.5. The largest absolute Gasteiger partial charge is 0.341 e. The lowest BCUT2D eigenvalue weighted by Gasteiger charge is -2.22. The number of rotatable bonds is 3. The van der Waals surface area contributed by atoms with Crippen molar-refractivity contribution in [3.63, 3.8) is 0 Å². The molecule has 2 aromatic heterocycles. The second-order valence-corrected chi connectivity index (χ2v) is 7.61. The first-order valence-corrected chi connectivity index (χ1v) is 9.98. The van der Waals surface area contributed by atoms with Gasteiger partial charge in [-0.2, -0.15) is 0 Å². The lowest BCUT2D eigenvalue weighted by atomic mass is 10.1. The third-order valence-electron chi connectivity index (χ3n) is 5.67. The highest BCUT2D eigenvalue weighted by Gasteiger charge is 2.21. The average Bonchev–Trinajstić information content (AvgIpc) is 2.86. The van der Waals surface area contributed by atoms with Crippen LogP contribution in [-0.2, 0) is 11.3 Å². The Labute approximate surface area is 164 Å². The first-order chi connectivity index (χ1) is 13.6. The molecule has 0 unspecified atom stereocenters. The van der Waals surface area contributed by atoms with Gasteiger partial charge in [-0.05, 0) is 62.1 Å². The Hall–Kier alpha value is -2.89. The van der Waals surface area contributed by atoms with Crippen molar-refractivity contribution in [2.75, 3.05) is 13.1 Å². The molecule has 1 amide bonds. The zero-order valence-corrected chi connectivity index (χ0v) is 16.5. The summed E-state index contributed by atoms with van der Waals surface area (Å²) in [6.07, 6.45) is 6.09. The van der Waals surface area contributed by atoms with Crippen molar-refractivity contribution >= 4 is 16.9 Å². The predicted molar refractivity (Wildman–Crippen MR) is 110 cm³/mol. The Morgan fingerprint density at radius 3 is 2.50 bits per heavy atom. The van der Waals surface area contributed by atoms with Gasteiger partial charge in [0.05, 0.1) is 11.1 Å². The van der Waals surface area contributed by atoms with Crippen molar-refractivity contribution in [3.8, 4) is 5.69 Å². The van der Waals surface area contributed by atoms with Crippen molar-refractivity contribution in [1.29, 1.82) is 0 Å². The Morgan fingerprint density at radius 2 is 1.79 bits per heavy atom. The highest BCUT2D eigenvalue weighted by molar-refractivity contribution is 5.80. The molecule has 1 aromatic carbocycles. The van der Waals surface area contributed by atoms with Crippen molar-refractivity contribution in [2.45, 2.75) is 46.1 Å². The molecule has 1 aliphatic heterocycles. The molecule has 3 aromatic rings. The summed E-state index contributed by atoms with van der Waals surface area (Å²) in [5.41, 5.74) is 3.44. The molecule has 0 radical (unpaired) electrons. The van der Waals surface area contributed by atoms with Gasteiger partial charge in [-0.3, -0.25) is 14.3 Å². The fraction of sp³-hybridized carbons (Fsp3) is 0.409. The van der Waals surface area contributed by atoms with Gasteiger partial charge in [0, 0.05) is 19.3 Å². The maximum absolute atomic E-state index is 13.1. The van der Waals surface area contributed by atoms with Crippen molar-refractivity contribution in [1.82, 2.24) is 19.2 Å². The highest BCUT2D eigenvalue weighted by atomic mass is 16.2. The molecular formula is C22H26N4O2. The number of nitrogens with zero attached hydrogens (tertiary/aromatic N) is 4. The number of pyridine rings is 1. The number of benzene rings is 1. The van der Waals surface area contributed by atoms with E-state index in [0.717, 1.165) is 37.2 Å². The third kappa shape index (κ3) is 3.35. The van der Waals surface area contributed by atoms with E-state index in [9.17, 15) is 9.59 Å². The van der Waals surface area contributed by atoms with Crippen molar-refractivity contribution in [3.05, 3.63) is 58.0 Å². The normalized spacial score (nSPS) is 15.0. The fourth-order valence-corrected chi connectivity index (χ4v) is 3.90. The summed E-state index contributed by atoms with van der Waals surface area (Å²) in [6, 6.07) is 9.45. The van der Waals surface area contributed by atoms with Crippen LogP contribution in [0.2, 0.25) is 0 Å². The Bertz CT molecular complexity index is 1070. The van der Waals surface area contributed by atoms with E-state index >= 15 is 0 Å². The van der Waals surface area contributed by atoms with Crippen LogP contribution < -0.4 is 5.56 Å². The topological polar surface area (TPSA) is 60.1 Å². The standard InChI is InChI=1S/C22H26N4O2/c1-16-9-10-18(14-17(16)2)26-22(28)19-8-7-11-23-21(19)25(26)15-20(27)24-12-5-3-4-6-13-24/h7-11,14H,3-6,12-13,15H2,1-2H3. The summed E-state index contributed by atoms with van der Waals surface area (Å²) in [4.78, 5) is 32.5. The molecule has 1 saturated heterocycles. The van der Waals surface area contributed by atoms with E-state index in [1.54, 1.807) is 27.7 Å². The van der Waals surface area contributed by atoms with Crippen molar-refractivity contribution < 1.29 is 4.79 Å². The van der Waals surface area contributed by atoms with Crippen LogP contribution in [0.3, 0.4) is 0 Å². The van der Waals surface area contributed by atoms with Crippen LogP contribution in [0.5, 0.6) is 0 Å². The second kappa shape index (κ2) is 7.62. The monoisotopic (exact) mass is 378 g/mol. The molecule has 0 spiro atoms. The number of hydrogen-bond donors (Lipinski definition) is 0. The quantitative estimate of drug-likeness (QED) is 0.703. The number of amides is 1. The number of carbonyl (C=O) groups excluding carboxylic acids is 1. The van der Waals surface area contributed by atoms with Gasteiger partial charge in [-0.25, -0.2) is 9.67 Å². The first-order valence-electron chi connectivity index (χ1n) is 9.98. The van der Waals surface area contributed by atoms with Crippen LogP contribution in [0.1, 0.15) is 36.8 Å². The summed E-state index contributed by atoms with van der Waals surface area (Å²) in [5.74, 6) is 0.0436. The maximum Gasteiger partial charge on any atom is 0.280 e. The minimum absolute atomic E-state index is 0.0436. The van der Waals surface area contributed by atoms with Crippen LogP contribution in [0.4, 0.5) is 0 Å². The Morgan fingerprint density at radius 1 is 1.04 bits per heavy atom. The number of aryl methyl sites for hydroxylation is 2. The fourth-order valence-electron chi connectivity index (χ4n) is 3.90. The van der Waals surface area contributed by atoms with Crippen LogP contribution in [0.15, 0.2) is 41.3 Å². The third-order valence-corrected chi connectivity index (χ3v) is 5.67. The Kier molecular flexibility index (Phi) is 5.03. The molecule has 6 nitrogen and oxygen atoms in total. The number of fused-ring (bicyclic) bond motifs is 1. The highest BCUT2D eigenvalue weighted by Crippen LogP contribution is 2.18. The number of aromatic nitrogens is 3. The van der Waals surface area contributed by atoms with E-state index in [4.69, 9.17) is 0 Å². The van der Waals surface area contributed by atoms with E-state index < -0.39 is 0 Å². The molecular weight excluding hydrogens is 352 g/mol. The van der Waals surface area contributed by atoms with Crippen LogP contribution >= 0.6 is 0 Å². The maximum atomic E-state index is 13.1. The van der Waals surface area contributed by atoms with E-state index in [1.807, 2.05) is 36.9 Å². The number of hydrogen-bond acceptors (Lipinski definition) is 3. The molecule has 0 atom stereocenters. The predicted octanol–water partition coefficient (Wildman–Crippen LogP) is 3.21. The lowest BCUT2D eigenvalue weighted by molar-refractivity contribution is -0.132. The summed E-state index contributed by atoms with van der Waals surface area (Å²) in [7, 11) is 0. The number of likely N-dealkylation sites (tertiary alicyclic amines) is 1. The van der Waals surface area contributed by atoms with E-state index in [1.165, 1.54) is 18.4 Å². The van der Waals surface area contributed by atoms with E-state index in [2.05, 4.69) is 4.98 Å². The molecule has 1 aliphatic rings. The van der Waals surface area contributed by atoms with Gasteiger partial charge in [0.15, 0.2) is 5.65 Å². The summed E-state index contributed by atoms with van der Waals surface area (Å²) in [5, 5.41) is 0.532. The minimum Gasteiger partial charge on any atom is -0.341 e. The molecule has 4 rings (SSSR count). The van der Waals surface area contributed by atoms with Gasteiger partial charge in [-0.1, -0.05) is 18.9 Å². The Balaban J connectivity index is 1.81. The molecule has 3 heterocycles. The summed E-state index contributed by atoms with van der Waals surface area (Å²) >= 11 is 0. The molecule has 146 valence electrons. The van der Waals surface area contributed by atoms with Crippen LogP contribution in [-0.4, -0.2) is 38.2 Å². The summed E-state index contributed by atoms with van der Waals surface area (Å²) < 4.78 is 3.33. The van der Waals surface area contributed by atoms with Gasteiger partial charge >= 0.3 is 0 Å². The summed E-state index contributed by atoms with van der Waals surface area (Å²) in [6.45, 7) is 5.76. The van der Waals surface area contributed by atoms with Gasteiger partial charge in [0.25, 0.3) is 5.56 Å². The molecule has 0 bridgehead atoms. The molecule has 28 heavy (non-hydrogen) atoms.